The SMILES string of the molecule is FC(F)(F)S[C]1CCC1. The summed E-state index contributed by atoms with van der Waals surface area (Å²) in [5.41, 5.74) is -4.05. The predicted octanol–water partition coefficient (Wildman–Crippen LogP) is 2.96. The number of rotatable bonds is 1. The fourth-order valence-electron chi connectivity index (χ4n) is 0.587. The van der Waals surface area contributed by atoms with Crippen molar-refractivity contribution in [3.8, 4) is 0 Å². The average molecular weight is 155 g/mol. The minimum Gasteiger partial charge on any atom is -0.160 e. The van der Waals surface area contributed by atoms with Crippen molar-refractivity contribution in [3.05, 3.63) is 5.25 Å². The molecule has 1 saturated carbocycles. The Labute approximate surface area is 55.8 Å². The third-order valence-corrected chi connectivity index (χ3v) is 2.10. The van der Waals surface area contributed by atoms with Crippen molar-refractivity contribution < 1.29 is 13.2 Å². The molecule has 0 saturated heterocycles. The smallest absolute Gasteiger partial charge is 0.160 e. The van der Waals surface area contributed by atoms with Crippen LogP contribution in [-0.4, -0.2) is 5.51 Å². The van der Waals surface area contributed by atoms with E-state index in [4.69, 9.17) is 0 Å². The summed E-state index contributed by atoms with van der Waals surface area (Å²) in [4.78, 5) is 0. The summed E-state index contributed by atoms with van der Waals surface area (Å²) in [6, 6.07) is 0. The molecule has 1 rings (SSSR count). The van der Waals surface area contributed by atoms with Crippen LogP contribution in [0.5, 0.6) is 0 Å². The minimum absolute atomic E-state index is 0.0602. The van der Waals surface area contributed by atoms with E-state index < -0.39 is 5.51 Å². The van der Waals surface area contributed by atoms with E-state index in [0.29, 0.717) is 18.1 Å². The van der Waals surface area contributed by atoms with Gasteiger partial charge < -0.3 is 0 Å². The highest BCUT2D eigenvalue weighted by atomic mass is 32.2. The van der Waals surface area contributed by atoms with Crippen molar-refractivity contribution in [2.45, 2.75) is 24.8 Å². The predicted molar refractivity (Wildman–Crippen MR) is 30.7 cm³/mol. The van der Waals surface area contributed by atoms with Gasteiger partial charge in [-0.2, -0.15) is 13.2 Å². The minimum atomic E-state index is -4.05. The second-order valence-electron chi connectivity index (χ2n) is 1.94. The molecule has 0 aromatic carbocycles. The van der Waals surface area contributed by atoms with Crippen LogP contribution in [0.4, 0.5) is 13.2 Å². The van der Waals surface area contributed by atoms with E-state index in [9.17, 15) is 13.2 Å². The van der Waals surface area contributed by atoms with E-state index in [1.165, 1.54) is 0 Å². The van der Waals surface area contributed by atoms with Crippen molar-refractivity contribution in [1.82, 2.24) is 0 Å². The van der Waals surface area contributed by atoms with Crippen LogP contribution in [0.15, 0.2) is 0 Å². The zero-order chi connectivity index (χ0) is 6.91. The first-order valence-electron chi connectivity index (χ1n) is 2.68. The van der Waals surface area contributed by atoms with E-state index in [1.807, 2.05) is 0 Å². The summed E-state index contributed by atoms with van der Waals surface area (Å²) in [6.07, 6.45) is 2.24. The van der Waals surface area contributed by atoms with Gasteiger partial charge in [0, 0.05) is 5.25 Å². The second kappa shape index (κ2) is 2.40. The Bertz CT molecular complexity index is 94.9. The highest BCUT2D eigenvalue weighted by Gasteiger charge is 2.35. The molecular formula is C5H6F3S. The van der Waals surface area contributed by atoms with Gasteiger partial charge in [0.15, 0.2) is 0 Å². The Morgan fingerprint density at radius 1 is 1.22 bits per heavy atom. The number of alkyl halides is 3. The van der Waals surface area contributed by atoms with Gasteiger partial charge in [0.05, 0.1) is 0 Å². The van der Waals surface area contributed by atoms with Crippen LogP contribution >= 0.6 is 11.8 Å². The molecule has 0 aliphatic heterocycles. The molecule has 9 heavy (non-hydrogen) atoms. The van der Waals surface area contributed by atoms with E-state index in [-0.39, 0.29) is 11.8 Å². The van der Waals surface area contributed by atoms with Crippen molar-refractivity contribution >= 4 is 11.8 Å². The Hall–Kier alpha value is 0.140. The molecule has 0 bridgehead atoms. The number of thioether (sulfide) groups is 1. The zero-order valence-corrected chi connectivity index (χ0v) is 5.48. The van der Waals surface area contributed by atoms with Crippen LogP contribution in [0, 0.1) is 5.25 Å². The van der Waals surface area contributed by atoms with Gasteiger partial charge in [0.25, 0.3) is 0 Å². The van der Waals surface area contributed by atoms with Crippen molar-refractivity contribution in [1.29, 1.82) is 0 Å². The summed E-state index contributed by atoms with van der Waals surface area (Å²) in [5.74, 6) is 0. The van der Waals surface area contributed by atoms with Crippen molar-refractivity contribution in [2.24, 2.45) is 0 Å². The molecular weight excluding hydrogens is 149 g/mol. The van der Waals surface area contributed by atoms with Crippen LogP contribution in [0.2, 0.25) is 0 Å². The average Bonchev–Trinajstić information content (AvgIpc) is 1.53. The fraction of sp³-hybridized carbons (Fsp3) is 0.800. The van der Waals surface area contributed by atoms with Crippen molar-refractivity contribution in [2.75, 3.05) is 0 Å². The summed E-state index contributed by atoms with van der Waals surface area (Å²) in [6.45, 7) is 0. The summed E-state index contributed by atoms with van der Waals surface area (Å²) in [5, 5.41) is 0.586. The maximum absolute atomic E-state index is 11.5. The van der Waals surface area contributed by atoms with Crippen LogP contribution < -0.4 is 0 Å². The molecule has 1 fully saturated rings. The lowest BCUT2D eigenvalue weighted by Gasteiger charge is -2.24. The first-order chi connectivity index (χ1) is 4.08. The Morgan fingerprint density at radius 2 is 1.78 bits per heavy atom. The number of hydrogen-bond donors (Lipinski definition) is 0. The lowest BCUT2D eigenvalue weighted by molar-refractivity contribution is -0.0329. The molecule has 4 heteroatoms. The number of hydrogen-bond acceptors (Lipinski definition) is 1. The maximum atomic E-state index is 11.5. The van der Waals surface area contributed by atoms with Gasteiger partial charge in [-0.1, -0.05) is 6.42 Å². The summed E-state index contributed by atoms with van der Waals surface area (Å²) in [7, 11) is 0. The maximum Gasteiger partial charge on any atom is 0.442 e. The molecule has 0 aromatic heterocycles. The molecule has 0 heterocycles. The van der Waals surface area contributed by atoms with Gasteiger partial charge in [-0.3, -0.25) is 0 Å². The molecule has 0 aromatic rings. The highest BCUT2D eigenvalue weighted by Crippen LogP contribution is 2.47. The monoisotopic (exact) mass is 155 g/mol. The zero-order valence-electron chi connectivity index (χ0n) is 4.66. The quantitative estimate of drug-likeness (QED) is 0.561. The first kappa shape index (κ1) is 7.25. The molecule has 1 radical (unpaired) electrons. The van der Waals surface area contributed by atoms with Gasteiger partial charge in [-0.25, -0.2) is 0 Å². The first-order valence-corrected chi connectivity index (χ1v) is 3.50. The van der Waals surface area contributed by atoms with Crippen molar-refractivity contribution in [3.63, 3.8) is 0 Å². The molecule has 0 atom stereocenters. The molecule has 0 amide bonds. The fourth-order valence-corrected chi connectivity index (χ4v) is 1.41. The molecule has 53 valence electrons. The topological polar surface area (TPSA) is 0 Å². The van der Waals surface area contributed by atoms with E-state index >= 15 is 0 Å². The van der Waals surface area contributed by atoms with Gasteiger partial charge in [-0.15, -0.1) is 0 Å². The van der Waals surface area contributed by atoms with E-state index in [2.05, 4.69) is 0 Å². The van der Waals surface area contributed by atoms with Crippen LogP contribution in [0.25, 0.3) is 0 Å². The van der Waals surface area contributed by atoms with Gasteiger partial charge in [0.1, 0.15) is 0 Å². The van der Waals surface area contributed by atoms with E-state index in [1.54, 1.807) is 0 Å². The van der Waals surface area contributed by atoms with Crippen LogP contribution in [0.1, 0.15) is 19.3 Å². The standard InChI is InChI=1S/C5H6F3S/c6-5(7,8)9-4-2-1-3-4/h1-3H2. The molecule has 0 nitrogen and oxygen atoms in total. The lowest BCUT2D eigenvalue weighted by Crippen LogP contribution is -2.11. The molecule has 1 aliphatic rings. The Morgan fingerprint density at radius 3 is 1.89 bits per heavy atom. The molecule has 0 spiro atoms. The third kappa shape index (κ3) is 2.47. The molecule has 0 N–H and O–H groups in total. The second-order valence-corrected chi connectivity index (χ2v) is 3.18. The molecule has 0 unspecified atom stereocenters. The highest BCUT2D eigenvalue weighted by molar-refractivity contribution is 8.02. The largest absolute Gasteiger partial charge is 0.442 e. The normalized spacial score (nSPS) is 21.7. The lowest BCUT2D eigenvalue weighted by atomic mass is 10.0. The van der Waals surface area contributed by atoms with Gasteiger partial charge in [-0.05, 0) is 24.6 Å². The van der Waals surface area contributed by atoms with Crippen LogP contribution in [0.3, 0.4) is 0 Å². The third-order valence-electron chi connectivity index (χ3n) is 1.17. The summed E-state index contributed by atoms with van der Waals surface area (Å²) >= 11 is 0.0602. The Kier molecular flexibility index (Phi) is 1.94. The number of halogens is 3. The Balaban J connectivity index is 2.16. The van der Waals surface area contributed by atoms with Gasteiger partial charge in [0.2, 0.25) is 0 Å². The van der Waals surface area contributed by atoms with Crippen LogP contribution in [-0.2, 0) is 0 Å². The van der Waals surface area contributed by atoms with E-state index in [0.717, 1.165) is 6.42 Å². The van der Waals surface area contributed by atoms with Gasteiger partial charge >= 0.3 is 5.51 Å². The summed E-state index contributed by atoms with van der Waals surface area (Å²) < 4.78 is 34.4. The molecule has 1 aliphatic carbocycles.